The normalized spacial score (nSPS) is 14.3. The number of nitrogens with zero attached hydrogens (tertiary/aromatic N) is 2. The molecule has 2 aromatic rings. The van der Waals surface area contributed by atoms with E-state index in [-0.39, 0.29) is 0 Å². The van der Waals surface area contributed by atoms with Gasteiger partial charge in [-0.1, -0.05) is 28.1 Å². The quantitative estimate of drug-likeness (QED) is 0.913. The summed E-state index contributed by atoms with van der Waals surface area (Å²) in [6, 6.07) is 9.25. The molecular weight excluding hydrogens is 302 g/mol. The van der Waals surface area contributed by atoms with Gasteiger partial charge in [-0.2, -0.15) is 5.10 Å². The van der Waals surface area contributed by atoms with Crippen LogP contribution in [0.15, 0.2) is 41.1 Å². The third kappa shape index (κ3) is 4.18. The Morgan fingerprint density at radius 3 is 2.53 bits per heavy atom. The van der Waals surface area contributed by atoms with E-state index >= 15 is 0 Å². The van der Waals surface area contributed by atoms with Crippen LogP contribution in [-0.2, 0) is 13.5 Å². The molecule has 1 N–H and O–H groups in total. The number of hydrogen-bond acceptors (Lipinski definition) is 2. The molecule has 102 valence electrons. The van der Waals surface area contributed by atoms with Crippen LogP contribution >= 0.6 is 15.9 Å². The largest absolute Gasteiger partial charge is 0.307 e. The molecule has 2 rings (SSSR count). The molecule has 19 heavy (non-hydrogen) atoms. The van der Waals surface area contributed by atoms with Crippen LogP contribution in [0.5, 0.6) is 0 Å². The fraction of sp³-hybridized carbons (Fsp3) is 0.400. The Morgan fingerprint density at radius 1 is 1.26 bits per heavy atom. The van der Waals surface area contributed by atoms with Crippen LogP contribution in [0.1, 0.15) is 31.0 Å². The van der Waals surface area contributed by atoms with Crippen molar-refractivity contribution >= 4 is 15.9 Å². The molecule has 0 saturated carbocycles. The highest BCUT2D eigenvalue weighted by Gasteiger charge is 2.11. The van der Waals surface area contributed by atoms with E-state index in [9.17, 15) is 0 Å². The van der Waals surface area contributed by atoms with Crippen molar-refractivity contribution in [2.45, 2.75) is 32.4 Å². The molecule has 0 spiro atoms. The SMILES string of the molecule is CC(Cc1ccc(Br)cc1)NC(C)c1cnn(C)c1. The zero-order valence-electron chi connectivity index (χ0n) is 11.6. The average molecular weight is 322 g/mol. The van der Waals surface area contributed by atoms with Crippen molar-refractivity contribution < 1.29 is 0 Å². The molecule has 0 fully saturated rings. The summed E-state index contributed by atoms with van der Waals surface area (Å²) < 4.78 is 2.97. The Kier molecular flexibility index (Phi) is 4.77. The standard InChI is InChI=1S/C15H20BrN3/c1-11(8-13-4-6-15(16)7-5-13)18-12(2)14-9-17-19(3)10-14/h4-7,9-12,18H,8H2,1-3H3. The minimum Gasteiger partial charge on any atom is -0.307 e. The van der Waals surface area contributed by atoms with Gasteiger partial charge in [-0.25, -0.2) is 0 Å². The number of rotatable bonds is 5. The summed E-state index contributed by atoms with van der Waals surface area (Å²) in [4.78, 5) is 0. The maximum Gasteiger partial charge on any atom is 0.0537 e. The molecule has 4 heteroatoms. The molecule has 0 radical (unpaired) electrons. The maximum atomic E-state index is 4.21. The van der Waals surface area contributed by atoms with Gasteiger partial charge in [0.2, 0.25) is 0 Å². The summed E-state index contributed by atoms with van der Waals surface area (Å²) in [5, 5.41) is 7.82. The van der Waals surface area contributed by atoms with E-state index in [1.54, 1.807) is 0 Å². The minimum atomic E-state index is 0.319. The van der Waals surface area contributed by atoms with Gasteiger partial charge in [-0.15, -0.1) is 0 Å². The summed E-state index contributed by atoms with van der Waals surface area (Å²) >= 11 is 3.46. The third-order valence-corrected chi connectivity index (χ3v) is 3.74. The van der Waals surface area contributed by atoms with Crippen molar-refractivity contribution in [3.8, 4) is 0 Å². The fourth-order valence-corrected chi connectivity index (χ4v) is 2.48. The lowest BCUT2D eigenvalue weighted by Gasteiger charge is -2.19. The molecular formula is C15H20BrN3. The van der Waals surface area contributed by atoms with Gasteiger partial charge >= 0.3 is 0 Å². The van der Waals surface area contributed by atoms with Crippen LogP contribution in [0.2, 0.25) is 0 Å². The monoisotopic (exact) mass is 321 g/mol. The first kappa shape index (κ1) is 14.3. The smallest absolute Gasteiger partial charge is 0.0537 e. The Labute approximate surface area is 123 Å². The molecule has 0 amide bonds. The van der Waals surface area contributed by atoms with Gasteiger partial charge in [0.1, 0.15) is 0 Å². The van der Waals surface area contributed by atoms with Gasteiger partial charge < -0.3 is 5.32 Å². The van der Waals surface area contributed by atoms with Gasteiger partial charge in [0.25, 0.3) is 0 Å². The van der Waals surface area contributed by atoms with Crippen LogP contribution in [0.25, 0.3) is 0 Å². The summed E-state index contributed by atoms with van der Waals surface area (Å²) in [5.74, 6) is 0. The molecule has 1 heterocycles. The van der Waals surface area contributed by atoms with Crippen molar-refractivity contribution in [2.24, 2.45) is 7.05 Å². The van der Waals surface area contributed by atoms with Gasteiger partial charge in [-0.3, -0.25) is 4.68 Å². The van der Waals surface area contributed by atoms with Crippen LogP contribution < -0.4 is 5.32 Å². The van der Waals surface area contributed by atoms with Gasteiger partial charge in [0, 0.05) is 35.4 Å². The average Bonchev–Trinajstić information content (AvgIpc) is 2.79. The highest BCUT2D eigenvalue weighted by atomic mass is 79.9. The zero-order valence-corrected chi connectivity index (χ0v) is 13.2. The minimum absolute atomic E-state index is 0.319. The van der Waals surface area contributed by atoms with E-state index in [1.165, 1.54) is 11.1 Å². The zero-order chi connectivity index (χ0) is 13.8. The lowest BCUT2D eigenvalue weighted by Crippen LogP contribution is -2.30. The van der Waals surface area contributed by atoms with E-state index in [1.807, 2.05) is 17.9 Å². The van der Waals surface area contributed by atoms with E-state index < -0.39 is 0 Å². The Morgan fingerprint density at radius 2 is 1.95 bits per heavy atom. The van der Waals surface area contributed by atoms with Crippen molar-refractivity contribution in [2.75, 3.05) is 0 Å². The molecule has 2 atom stereocenters. The van der Waals surface area contributed by atoms with E-state index in [4.69, 9.17) is 0 Å². The second kappa shape index (κ2) is 6.35. The lowest BCUT2D eigenvalue weighted by atomic mass is 10.1. The molecule has 1 aromatic heterocycles. The molecule has 2 unspecified atom stereocenters. The molecule has 1 aromatic carbocycles. The first-order valence-electron chi connectivity index (χ1n) is 6.53. The van der Waals surface area contributed by atoms with Crippen LogP contribution in [-0.4, -0.2) is 15.8 Å². The number of benzene rings is 1. The van der Waals surface area contributed by atoms with E-state index in [0.29, 0.717) is 12.1 Å². The van der Waals surface area contributed by atoms with Gasteiger partial charge in [0.05, 0.1) is 6.20 Å². The Bertz CT molecular complexity index is 518. The van der Waals surface area contributed by atoms with Crippen LogP contribution in [0.4, 0.5) is 0 Å². The van der Waals surface area contributed by atoms with Gasteiger partial charge in [-0.05, 0) is 38.0 Å². The lowest BCUT2D eigenvalue weighted by molar-refractivity contribution is 0.477. The maximum absolute atomic E-state index is 4.21. The molecule has 0 aliphatic carbocycles. The number of aryl methyl sites for hydroxylation is 1. The van der Waals surface area contributed by atoms with Gasteiger partial charge in [0.15, 0.2) is 0 Å². The van der Waals surface area contributed by atoms with Crippen molar-refractivity contribution in [1.82, 2.24) is 15.1 Å². The molecule has 3 nitrogen and oxygen atoms in total. The van der Waals surface area contributed by atoms with Crippen LogP contribution in [0, 0.1) is 0 Å². The predicted octanol–water partition coefficient (Wildman–Crippen LogP) is 3.46. The number of nitrogens with one attached hydrogen (secondary N) is 1. The summed E-state index contributed by atoms with van der Waals surface area (Å²) in [6.07, 6.45) is 5.01. The second-order valence-corrected chi connectivity index (χ2v) is 5.98. The van der Waals surface area contributed by atoms with E-state index in [0.717, 1.165) is 10.9 Å². The number of hydrogen-bond donors (Lipinski definition) is 1. The van der Waals surface area contributed by atoms with Crippen LogP contribution in [0.3, 0.4) is 0 Å². The summed E-state index contributed by atoms with van der Waals surface area (Å²) in [7, 11) is 1.95. The van der Waals surface area contributed by atoms with Crippen molar-refractivity contribution in [3.63, 3.8) is 0 Å². The van der Waals surface area contributed by atoms with E-state index in [2.05, 4.69) is 70.7 Å². The molecule has 0 saturated heterocycles. The predicted molar refractivity (Wildman–Crippen MR) is 82.1 cm³/mol. The Hall–Kier alpha value is -1.13. The fourth-order valence-electron chi connectivity index (χ4n) is 2.22. The first-order valence-corrected chi connectivity index (χ1v) is 7.33. The highest BCUT2D eigenvalue weighted by molar-refractivity contribution is 9.10. The van der Waals surface area contributed by atoms with Crippen molar-refractivity contribution in [1.29, 1.82) is 0 Å². The summed E-state index contributed by atoms with van der Waals surface area (Å²) in [5.41, 5.74) is 2.58. The number of halogens is 1. The Balaban J connectivity index is 1.90. The number of aromatic nitrogens is 2. The molecule has 0 aliphatic heterocycles. The second-order valence-electron chi connectivity index (χ2n) is 5.07. The topological polar surface area (TPSA) is 29.9 Å². The first-order chi connectivity index (χ1) is 9.04. The highest BCUT2D eigenvalue weighted by Crippen LogP contribution is 2.15. The molecule has 0 aliphatic rings. The summed E-state index contributed by atoms with van der Waals surface area (Å²) in [6.45, 7) is 4.39. The van der Waals surface area contributed by atoms with Crippen molar-refractivity contribution in [3.05, 3.63) is 52.3 Å². The molecule has 0 bridgehead atoms. The third-order valence-electron chi connectivity index (χ3n) is 3.21.